The first-order valence-corrected chi connectivity index (χ1v) is 7.76. The fourth-order valence-electron chi connectivity index (χ4n) is 1.37. The Morgan fingerprint density at radius 1 is 1.29 bits per heavy atom. The number of nitrogens with one attached hydrogen (secondary N) is 1. The first-order chi connectivity index (χ1) is 8.20. The van der Waals surface area contributed by atoms with Gasteiger partial charge in [-0.05, 0) is 56.0 Å². The van der Waals surface area contributed by atoms with Crippen molar-refractivity contribution in [3.8, 4) is 10.4 Å². The molecule has 1 aromatic carbocycles. The van der Waals surface area contributed by atoms with Gasteiger partial charge in [0.15, 0.2) is 5.13 Å². The highest BCUT2D eigenvalue weighted by Crippen LogP contribution is 2.33. The van der Waals surface area contributed by atoms with Crippen molar-refractivity contribution in [3.05, 3.63) is 33.3 Å². The van der Waals surface area contributed by atoms with Crippen molar-refractivity contribution in [3.63, 3.8) is 0 Å². The first-order valence-electron chi connectivity index (χ1n) is 5.36. The van der Waals surface area contributed by atoms with Crippen molar-refractivity contribution in [1.82, 2.24) is 4.98 Å². The van der Waals surface area contributed by atoms with Gasteiger partial charge in [0.2, 0.25) is 0 Å². The van der Waals surface area contributed by atoms with E-state index < -0.39 is 0 Å². The smallest absolute Gasteiger partial charge is 0.183 e. The van der Waals surface area contributed by atoms with Crippen LogP contribution in [0.1, 0.15) is 13.3 Å². The molecule has 0 saturated heterocycles. The highest BCUT2D eigenvalue weighted by molar-refractivity contribution is 9.13. The lowest BCUT2D eigenvalue weighted by molar-refractivity contribution is 0.976. The molecule has 17 heavy (non-hydrogen) atoms. The molecule has 1 aromatic heterocycles. The van der Waals surface area contributed by atoms with Crippen LogP contribution >= 0.6 is 43.2 Å². The molecule has 0 spiro atoms. The average Bonchev–Trinajstić information content (AvgIpc) is 2.79. The van der Waals surface area contributed by atoms with Crippen LogP contribution in [-0.4, -0.2) is 11.5 Å². The van der Waals surface area contributed by atoms with Crippen LogP contribution in [0, 0.1) is 0 Å². The Hall–Kier alpha value is -0.390. The van der Waals surface area contributed by atoms with Gasteiger partial charge in [0.1, 0.15) is 0 Å². The van der Waals surface area contributed by atoms with Gasteiger partial charge >= 0.3 is 0 Å². The quantitative estimate of drug-likeness (QED) is 0.798. The van der Waals surface area contributed by atoms with Crippen molar-refractivity contribution in [1.29, 1.82) is 0 Å². The van der Waals surface area contributed by atoms with Crippen molar-refractivity contribution in [2.45, 2.75) is 13.3 Å². The highest BCUT2D eigenvalue weighted by Gasteiger charge is 2.05. The lowest BCUT2D eigenvalue weighted by Crippen LogP contribution is -1.97. The second-order valence-electron chi connectivity index (χ2n) is 3.59. The molecule has 0 atom stereocenters. The van der Waals surface area contributed by atoms with Gasteiger partial charge in [0.25, 0.3) is 0 Å². The zero-order chi connectivity index (χ0) is 12.3. The van der Waals surface area contributed by atoms with Gasteiger partial charge in [0.05, 0.1) is 4.88 Å². The first kappa shape index (κ1) is 13.1. The number of hydrogen-bond donors (Lipinski definition) is 1. The molecule has 90 valence electrons. The Bertz CT molecular complexity index is 511. The van der Waals surface area contributed by atoms with Gasteiger partial charge in [0, 0.05) is 21.7 Å². The Morgan fingerprint density at radius 3 is 2.82 bits per heavy atom. The summed E-state index contributed by atoms with van der Waals surface area (Å²) in [7, 11) is 0. The third-order valence-electron chi connectivity index (χ3n) is 2.24. The maximum Gasteiger partial charge on any atom is 0.183 e. The van der Waals surface area contributed by atoms with Crippen LogP contribution in [0.3, 0.4) is 0 Å². The van der Waals surface area contributed by atoms with E-state index in [1.165, 1.54) is 10.4 Å². The average molecular weight is 376 g/mol. The molecule has 0 aliphatic carbocycles. The molecular weight excluding hydrogens is 364 g/mol. The molecule has 0 fully saturated rings. The number of anilines is 1. The largest absolute Gasteiger partial charge is 0.362 e. The standard InChI is InChI=1S/C12H12Br2N2S/c1-2-5-15-12-16-7-11(17-12)8-3-4-9(13)10(14)6-8/h3-4,6-7H,2,5H2,1H3,(H,15,16). The minimum atomic E-state index is 0.969. The minimum absolute atomic E-state index is 0.969. The van der Waals surface area contributed by atoms with Crippen LogP contribution in [0.5, 0.6) is 0 Å². The molecule has 0 aliphatic heterocycles. The normalized spacial score (nSPS) is 10.5. The number of halogens is 2. The van der Waals surface area contributed by atoms with Crippen LogP contribution in [0.15, 0.2) is 33.3 Å². The summed E-state index contributed by atoms with van der Waals surface area (Å²) in [6.07, 6.45) is 3.02. The molecule has 2 aromatic rings. The molecule has 0 saturated carbocycles. The Labute approximate surface area is 122 Å². The Balaban J connectivity index is 2.21. The molecular formula is C12H12Br2N2S. The predicted molar refractivity (Wildman–Crippen MR) is 81.7 cm³/mol. The van der Waals surface area contributed by atoms with Gasteiger partial charge in [-0.2, -0.15) is 0 Å². The summed E-state index contributed by atoms with van der Waals surface area (Å²) in [4.78, 5) is 5.54. The predicted octanol–water partition coefficient (Wildman–Crippen LogP) is 5.16. The van der Waals surface area contributed by atoms with E-state index in [4.69, 9.17) is 0 Å². The third-order valence-corrected chi connectivity index (χ3v) is 5.12. The molecule has 0 amide bonds. The molecule has 2 nitrogen and oxygen atoms in total. The number of rotatable bonds is 4. The fourth-order valence-corrected chi connectivity index (χ4v) is 2.83. The summed E-state index contributed by atoms with van der Waals surface area (Å²) >= 11 is 8.67. The van der Waals surface area contributed by atoms with Crippen LogP contribution in [0.25, 0.3) is 10.4 Å². The number of aromatic nitrogens is 1. The van der Waals surface area contributed by atoms with Crippen molar-refractivity contribution >= 4 is 48.3 Å². The Kier molecular flexibility index (Phi) is 4.59. The topological polar surface area (TPSA) is 24.9 Å². The molecule has 0 bridgehead atoms. The molecule has 1 heterocycles. The highest BCUT2D eigenvalue weighted by atomic mass is 79.9. The van der Waals surface area contributed by atoms with Gasteiger partial charge < -0.3 is 5.32 Å². The zero-order valence-corrected chi connectivity index (χ0v) is 13.3. The van der Waals surface area contributed by atoms with Crippen LogP contribution < -0.4 is 5.32 Å². The molecule has 0 radical (unpaired) electrons. The minimum Gasteiger partial charge on any atom is -0.362 e. The van der Waals surface area contributed by atoms with Crippen molar-refractivity contribution < 1.29 is 0 Å². The van der Waals surface area contributed by atoms with E-state index >= 15 is 0 Å². The van der Waals surface area contributed by atoms with Crippen molar-refractivity contribution in [2.24, 2.45) is 0 Å². The van der Waals surface area contributed by atoms with Gasteiger partial charge in [-0.3, -0.25) is 0 Å². The number of nitrogens with zero attached hydrogens (tertiary/aromatic N) is 1. The number of hydrogen-bond acceptors (Lipinski definition) is 3. The number of benzene rings is 1. The Morgan fingerprint density at radius 2 is 2.12 bits per heavy atom. The summed E-state index contributed by atoms with van der Waals surface area (Å²) < 4.78 is 2.13. The maximum atomic E-state index is 4.36. The molecule has 5 heteroatoms. The summed E-state index contributed by atoms with van der Waals surface area (Å²) in [5.74, 6) is 0. The van der Waals surface area contributed by atoms with Crippen LogP contribution in [0.2, 0.25) is 0 Å². The SMILES string of the molecule is CCCNc1ncc(-c2ccc(Br)c(Br)c2)s1. The lowest BCUT2D eigenvalue weighted by Gasteiger charge is -2.00. The summed E-state index contributed by atoms with van der Waals surface area (Å²) in [5, 5.41) is 4.28. The molecule has 1 N–H and O–H groups in total. The maximum absolute atomic E-state index is 4.36. The van der Waals surface area contributed by atoms with E-state index in [-0.39, 0.29) is 0 Å². The van der Waals surface area contributed by atoms with E-state index in [9.17, 15) is 0 Å². The van der Waals surface area contributed by atoms with E-state index in [1.54, 1.807) is 11.3 Å². The lowest BCUT2D eigenvalue weighted by atomic mass is 10.2. The number of thiazole rings is 1. The monoisotopic (exact) mass is 374 g/mol. The summed E-state index contributed by atoms with van der Waals surface area (Å²) in [6, 6.07) is 6.23. The van der Waals surface area contributed by atoms with Gasteiger partial charge in [-0.15, -0.1) is 0 Å². The second kappa shape index (κ2) is 5.98. The third kappa shape index (κ3) is 3.30. The summed E-state index contributed by atoms with van der Waals surface area (Å²) in [5.41, 5.74) is 1.18. The van der Waals surface area contributed by atoms with E-state index in [2.05, 4.69) is 61.2 Å². The zero-order valence-electron chi connectivity index (χ0n) is 9.34. The summed E-state index contributed by atoms with van der Waals surface area (Å²) in [6.45, 7) is 3.12. The molecule has 0 unspecified atom stereocenters. The van der Waals surface area contributed by atoms with Crippen LogP contribution in [-0.2, 0) is 0 Å². The van der Waals surface area contributed by atoms with Gasteiger partial charge in [-0.25, -0.2) is 4.98 Å². The van der Waals surface area contributed by atoms with Crippen molar-refractivity contribution in [2.75, 3.05) is 11.9 Å². The second-order valence-corrected chi connectivity index (χ2v) is 6.32. The van der Waals surface area contributed by atoms with E-state index in [0.29, 0.717) is 0 Å². The van der Waals surface area contributed by atoms with Crippen LogP contribution in [0.4, 0.5) is 5.13 Å². The van der Waals surface area contributed by atoms with Gasteiger partial charge in [-0.1, -0.05) is 24.3 Å². The molecule has 0 aliphatic rings. The van der Waals surface area contributed by atoms with E-state index in [1.807, 2.05) is 12.3 Å². The molecule has 2 rings (SSSR count). The van der Waals surface area contributed by atoms with E-state index in [0.717, 1.165) is 27.0 Å². The fraction of sp³-hybridized carbons (Fsp3) is 0.250.